The third kappa shape index (κ3) is 2.39. The van der Waals surface area contributed by atoms with Gasteiger partial charge in [-0.1, -0.05) is 0 Å². The zero-order valence-corrected chi connectivity index (χ0v) is 10.9. The zero-order valence-electron chi connectivity index (χ0n) is 10.0. The molecule has 0 unspecified atom stereocenters. The Morgan fingerprint density at radius 2 is 1.94 bits per heavy atom. The first-order valence-electron chi connectivity index (χ1n) is 5.74. The average molecular weight is 269 g/mol. The molecule has 2 rings (SSSR count). The quantitative estimate of drug-likeness (QED) is 0.843. The highest BCUT2D eigenvalue weighted by Crippen LogP contribution is 2.25. The number of hydrogen-bond acceptors (Lipinski definition) is 4. The Morgan fingerprint density at radius 3 is 2.39 bits per heavy atom. The maximum atomic E-state index is 12.1. The summed E-state index contributed by atoms with van der Waals surface area (Å²) in [6.07, 6.45) is 0.164. The van der Waals surface area contributed by atoms with Gasteiger partial charge < -0.3 is 15.1 Å². The summed E-state index contributed by atoms with van der Waals surface area (Å²) in [5, 5.41) is 18.7. The number of rotatable bonds is 2. The summed E-state index contributed by atoms with van der Waals surface area (Å²) in [5.41, 5.74) is -1.68. The van der Waals surface area contributed by atoms with Crippen molar-refractivity contribution in [2.45, 2.75) is 25.4 Å². The van der Waals surface area contributed by atoms with Gasteiger partial charge in [0.05, 0.1) is 4.88 Å². The smallest absolute Gasteiger partial charge is 0.335 e. The lowest BCUT2D eigenvalue weighted by Gasteiger charge is -2.35. The Morgan fingerprint density at radius 1 is 1.33 bits per heavy atom. The largest absolute Gasteiger partial charge is 0.479 e. The van der Waals surface area contributed by atoms with Crippen LogP contribution in [0.15, 0.2) is 12.1 Å². The van der Waals surface area contributed by atoms with Crippen molar-refractivity contribution in [3.63, 3.8) is 0 Å². The van der Waals surface area contributed by atoms with E-state index in [1.165, 1.54) is 11.3 Å². The Hall–Kier alpha value is -1.40. The molecule has 1 amide bonds. The van der Waals surface area contributed by atoms with Gasteiger partial charge in [0.25, 0.3) is 5.91 Å². The van der Waals surface area contributed by atoms with E-state index in [9.17, 15) is 14.7 Å². The highest BCUT2D eigenvalue weighted by atomic mass is 32.1. The second-order valence-electron chi connectivity index (χ2n) is 4.54. The van der Waals surface area contributed by atoms with Crippen LogP contribution in [0, 0.1) is 6.92 Å². The van der Waals surface area contributed by atoms with E-state index >= 15 is 0 Å². The molecule has 1 fully saturated rings. The van der Waals surface area contributed by atoms with Gasteiger partial charge in [-0.25, -0.2) is 4.79 Å². The number of carbonyl (C=O) groups is 2. The maximum Gasteiger partial charge on any atom is 0.335 e. The fourth-order valence-electron chi connectivity index (χ4n) is 2.00. The second-order valence-corrected chi connectivity index (χ2v) is 5.83. The molecule has 1 aromatic rings. The molecule has 2 N–H and O–H groups in total. The van der Waals surface area contributed by atoms with Crippen LogP contribution in [0.3, 0.4) is 0 Å². The van der Waals surface area contributed by atoms with Crippen LogP contribution in [0.4, 0.5) is 0 Å². The number of thiophene rings is 1. The molecule has 98 valence electrons. The average Bonchev–Trinajstić information content (AvgIpc) is 2.76. The summed E-state index contributed by atoms with van der Waals surface area (Å²) in [6.45, 7) is 2.48. The van der Waals surface area contributed by atoms with Crippen molar-refractivity contribution < 1.29 is 19.8 Å². The first-order valence-corrected chi connectivity index (χ1v) is 6.55. The van der Waals surface area contributed by atoms with Gasteiger partial charge in [-0.05, 0) is 19.1 Å². The third-order valence-corrected chi connectivity index (χ3v) is 4.22. The lowest BCUT2D eigenvalue weighted by Crippen LogP contribution is -2.50. The molecule has 0 saturated carbocycles. The van der Waals surface area contributed by atoms with Crippen LogP contribution < -0.4 is 0 Å². The minimum absolute atomic E-state index is 0.0818. The van der Waals surface area contributed by atoms with E-state index < -0.39 is 11.6 Å². The molecule has 0 bridgehead atoms. The monoisotopic (exact) mass is 269 g/mol. The SMILES string of the molecule is Cc1ccc(C(=O)N2CCC(O)(C(=O)O)CC2)s1. The van der Waals surface area contributed by atoms with Crippen molar-refractivity contribution in [1.82, 2.24) is 4.90 Å². The topological polar surface area (TPSA) is 77.8 Å². The summed E-state index contributed by atoms with van der Waals surface area (Å²) in [6, 6.07) is 3.66. The number of carboxylic acid groups (broad SMARTS) is 1. The molecule has 0 aromatic carbocycles. The number of carboxylic acids is 1. The Bertz CT molecular complexity index is 474. The minimum atomic E-state index is -1.68. The van der Waals surface area contributed by atoms with Crippen LogP contribution in [-0.4, -0.2) is 45.7 Å². The molecule has 5 nitrogen and oxygen atoms in total. The van der Waals surface area contributed by atoms with Gasteiger partial charge in [-0.3, -0.25) is 4.79 Å². The van der Waals surface area contributed by atoms with Crippen LogP contribution in [0.5, 0.6) is 0 Å². The van der Waals surface area contributed by atoms with E-state index in [0.717, 1.165) is 4.88 Å². The molecule has 0 atom stereocenters. The summed E-state index contributed by atoms with van der Waals surface area (Å²) in [4.78, 5) is 26.3. The number of piperidine rings is 1. The van der Waals surface area contributed by atoms with Crippen LogP contribution >= 0.6 is 11.3 Å². The van der Waals surface area contributed by atoms with E-state index in [1.807, 2.05) is 13.0 Å². The van der Waals surface area contributed by atoms with E-state index in [2.05, 4.69) is 0 Å². The zero-order chi connectivity index (χ0) is 13.3. The Balaban J connectivity index is 2.02. The van der Waals surface area contributed by atoms with E-state index in [-0.39, 0.29) is 31.8 Å². The highest BCUT2D eigenvalue weighted by Gasteiger charge is 2.40. The fraction of sp³-hybridized carbons (Fsp3) is 0.500. The lowest BCUT2D eigenvalue weighted by atomic mass is 9.91. The molecular weight excluding hydrogens is 254 g/mol. The minimum Gasteiger partial charge on any atom is -0.479 e. The lowest BCUT2D eigenvalue weighted by molar-refractivity contribution is -0.162. The first kappa shape index (κ1) is 13.0. The Labute approximate surface area is 109 Å². The predicted octanol–water partition coefficient (Wildman–Crippen LogP) is 1.11. The summed E-state index contributed by atoms with van der Waals surface area (Å²) < 4.78 is 0. The molecule has 18 heavy (non-hydrogen) atoms. The van der Waals surface area contributed by atoms with Crippen molar-refractivity contribution >= 4 is 23.2 Å². The molecule has 1 aromatic heterocycles. The predicted molar refractivity (Wildman–Crippen MR) is 66.8 cm³/mol. The molecule has 0 spiro atoms. The van der Waals surface area contributed by atoms with Crippen LogP contribution in [0.1, 0.15) is 27.4 Å². The number of carbonyl (C=O) groups excluding carboxylic acids is 1. The molecule has 1 aliphatic rings. The Kier molecular flexibility index (Phi) is 3.41. The number of likely N-dealkylation sites (tertiary alicyclic amines) is 1. The molecule has 0 radical (unpaired) electrons. The van der Waals surface area contributed by atoms with E-state index in [1.54, 1.807) is 11.0 Å². The third-order valence-electron chi connectivity index (χ3n) is 3.23. The van der Waals surface area contributed by atoms with Crippen molar-refractivity contribution in [2.24, 2.45) is 0 Å². The van der Waals surface area contributed by atoms with Gasteiger partial charge in [0.2, 0.25) is 0 Å². The van der Waals surface area contributed by atoms with Gasteiger partial charge in [-0.15, -0.1) is 11.3 Å². The van der Waals surface area contributed by atoms with Gasteiger partial charge >= 0.3 is 5.97 Å². The number of hydrogen-bond donors (Lipinski definition) is 2. The molecule has 6 heteroatoms. The maximum absolute atomic E-state index is 12.1. The standard InChI is InChI=1S/C12H15NO4S/c1-8-2-3-9(18-8)10(14)13-6-4-12(17,5-7-13)11(15)16/h2-3,17H,4-7H2,1H3,(H,15,16). The number of amides is 1. The van der Waals surface area contributed by atoms with E-state index in [0.29, 0.717) is 4.88 Å². The molecule has 2 heterocycles. The van der Waals surface area contributed by atoms with Gasteiger partial charge in [0.15, 0.2) is 5.60 Å². The van der Waals surface area contributed by atoms with Crippen molar-refractivity contribution in [2.75, 3.05) is 13.1 Å². The molecule has 1 aliphatic heterocycles. The van der Waals surface area contributed by atoms with Crippen molar-refractivity contribution in [3.8, 4) is 0 Å². The van der Waals surface area contributed by atoms with Crippen LogP contribution in [0.2, 0.25) is 0 Å². The van der Waals surface area contributed by atoms with Gasteiger partial charge in [0, 0.05) is 30.8 Å². The first-order chi connectivity index (χ1) is 8.42. The van der Waals surface area contributed by atoms with Crippen LogP contribution in [-0.2, 0) is 4.79 Å². The normalized spacial score (nSPS) is 18.7. The number of aliphatic carboxylic acids is 1. The molecule has 1 saturated heterocycles. The summed E-state index contributed by atoms with van der Waals surface area (Å²) in [5.74, 6) is -1.29. The van der Waals surface area contributed by atoms with Crippen LogP contribution in [0.25, 0.3) is 0 Å². The summed E-state index contributed by atoms with van der Waals surface area (Å²) in [7, 11) is 0. The highest BCUT2D eigenvalue weighted by molar-refractivity contribution is 7.13. The van der Waals surface area contributed by atoms with Crippen molar-refractivity contribution in [3.05, 3.63) is 21.9 Å². The van der Waals surface area contributed by atoms with Gasteiger partial charge in [-0.2, -0.15) is 0 Å². The fourth-order valence-corrected chi connectivity index (χ4v) is 2.83. The number of nitrogens with zero attached hydrogens (tertiary/aromatic N) is 1. The van der Waals surface area contributed by atoms with Gasteiger partial charge in [0.1, 0.15) is 0 Å². The van der Waals surface area contributed by atoms with E-state index in [4.69, 9.17) is 5.11 Å². The number of aryl methyl sites for hydroxylation is 1. The second kappa shape index (κ2) is 4.70. The van der Waals surface area contributed by atoms with Crippen molar-refractivity contribution in [1.29, 1.82) is 0 Å². The summed E-state index contributed by atoms with van der Waals surface area (Å²) >= 11 is 1.43. The molecular formula is C12H15NO4S. The number of aliphatic hydroxyl groups is 1. The molecule has 0 aliphatic carbocycles.